The molecular formula is C42H48N6O4. The van der Waals surface area contributed by atoms with Gasteiger partial charge in [-0.15, -0.1) is 0 Å². The minimum atomic E-state index is -0.540. The molecule has 0 spiro atoms. The lowest BCUT2D eigenvalue weighted by molar-refractivity contribution is 0.0208. The first-order chi connectivity index (χ1) is 24.8. The number of H-pyrrole nitrogens is 2. The number of hydrogen-bond acceptors (Lipinski definition) is 6. The Kier molecular flexibility index (Phi) is 8.38. The molecule has 0 bridgehead atoms. The van der Waals surface area contributed by atoms with Crippen molar-refractivity contribution in [2.75, 3.05) is 13.1 Å². The second-order valence-corrected chi connectivity index (χ2v) is 16.4. The Hall–Kier alpha value is -5.12. The van der Waals surface area contributed by atoms with E-state index < -0.39 is 11.2 Å². The molecule has 2 aromatic heterocycles. The highest BCUT2D eigenvalue weighted by molar-refractivity contribution is 5.84. The van der Waals surface area contributed by atoms with E-state index in [0.717, 1.165) is 78.0 Å². The average molecular weight is 701 g/mol. The number of nitrogens with zero attached hydrogens (tertiary/aromatic N) is 4. The number of amides is 2. The number of aryl methyl sites for hydroxylation is 2. The zero-order valence-electron chi connectivity index (χ0n) is 31.0. The smallest absolute Gasteiger partial charge is 0.410 e. The number of rotatable bonds is 4. The maximum absolute atomic E-state index is 12.9. The van der Waals surface area contributed by atoms with Crippen molar-refractivity contribution in [2.24, 2.45) is 0 Å². The molecule has 2 atom stereocenters. The van der Waals surface area contributed by atoms with E-state index in [-0.39, 0.29) is 24.3 Å². The number of imidazole rings is 2. The van der Waals surface area contributed by atoms with Gasteiger partial charge in [0.05, 0.1) is 35.0 Å². The van der Waals surface area contributed by atoms with Crippen LogP contribution >= 0.6 is 0 Å². The predicted molar refractivity (Wildman–Crippen MR) is 202 cm³/mol. The second kappa shape index (κ2) is 12.8. The van der Waals surface area contributed by atoms with Gasteiger partial charge in [-0.05, 0) is 137 Å². The molecule has 1 aliphatic carbocycles. The molecule has 270 valence electrons. The lowest BCUT2D eigenvalue weighted by atomic mass is 9.83. The van der Waals surface area contributed by atoms with E-state index in [1.54, 1.807) is 9.80 Å². The maximum atomic E-state index is 12.9. The van der Waals surface area contributed by atoms with Crippen LogP contribution in [-0.2, 0) is 22.3 Å². The monoisotopic (exact) mass is 700 g/mol. The van der Waals surface area contributed by atoms with Gasteiger partial charge in [0.2, 0.25) is 0 Å². The number of hydrogen-bond donors (Lipinski definition) is 2. The van der Waals surface area contributed by atoms with Crippen LogP contribution in [-0.4, -0.2) is 66.2 Å². The maximum Gasteiger partial charge on any atom is 0.410 e. The number of aromatic amines is 2. The molecule has 2 unspecified atom stereocenters. The molecule has 52 heavy (non-hydrogen) atoms. The van der Waals surface area contributed by atoms with Gasteiger partial charge in [0.1, 0.15) is 22.9 Å². The number of carbonyl (C=O) groups is 2. The summed E-state index contributed by atoms with van der Waals surface area (Å²) in [5.74, 6) is 1.62. The Morgan fingerprint density at radius 1 is 0.692 bits per heavy atom. The van der Waals surface area contributed by atoms with Crippen molar-refractivity contribution in [1.82, 2.24) is 29.7 Å². The summed E-state index contributed by atoms with van der Waals surface area (Å²) in [5, 5.41) is 0. The lowest BCUT2D eigenvalue weighted by Gasteiger charge is -2.27. The molecule has 2 N–H and O–H groups in total. The van der Waals surface area contributed by atoms with Crippen molar-refractivity contribution in [3.05, 3.63) is 83.6 Å². The van der Waals surface area contributed by atoms with Crippen LogP contribution in [0.15, 0.2) is 60.8 Å². The molecule has 4 heterocycles. The molecule has 10 heteroatoms. The highest BCUT2D eigenvalue weighted by Crippen LogP contribution is 2.39. The SMILES string of the molecule is CC(C)(C)OC(=O)N1CCCC1c1ncc(-c2ccc3c(c2)CCc2cc(-c4ccc5nc(C6CCCN6C(=O)OC(C)(C)C)[nH]c5c4)ccc2-3)[nH]1. The van der Waals surface area contributed by atoms with Gasteiger partial charge in [-0.1, -0.05) is 36.4 Å². The van der Waals surface area contributed by atoms with Crippen molar-refractivity contribution in [3.63, 3.8) is 0 Å². The van der Waals surface area contributed by atoms with E-state index in [4.69, 9.17) is 19.4 Å². The summed E-state index contributed by atoms with van der Waals surface area (Å²) in [5.41, 5.74) is 10.3. The van der Waals surface area contributed by atoms with E-state index in [2.05, 4.69) is 64.6 Å². The van der Waals surface area contributed by atoms with Crippen LogP contribution in [0.5, 0.6) is 0 Å². The Bertz CT molecular complexity index is 2170. The average Bonchev–Trinajstić information content (AvgIpc) is 3.91. The molecule has 10 nitrogen and oxygen atoms in total. The topological polar surface area (TPSA) is 116 Å². The Balaban J connectivity index is 0.996. The van der Waals surface area contributed by atoms with Crippen LogP contribution < -0.4 is 0 Å². The van der Waals surface area contributed by atoms with Crippen LogP contribution in [0.1, 0.15) is 102 Å². The third-order valence-electron chi connectivity index (χ3n) is 10.3. The quantitative estimate of drug-likeness (QED) is 0.193. The molecule has 3 aliphatic rings. The summed E-state index contributed by atoms with van der Waals surface area (Å²) in [6.07, 6.45) is 6.79. The zero-order chi connectivity index (χ0) is 36.4. The molecule has 8 rings (SSSR count). The Labute approximate surface area is 304 Å². The minimum Gasteiger partial charge on any atom is -0.444 e. The van der Waals surface area contributed by atoms with Gasteiger partial charge in [-0.2, -0.15) is 0 Å². The van der Waals surface area contributed by atoms with Crippen molar-refractivity contribution >= 4 is 23.2 Å². The number of benzene rings is 3. The van der Waals surface area contributed by atoms with Crippen LogP contribution in [0.4, 0.5) is 9.59 Å². The van der Waals surface area contributed by atoms with Gasteiger partial charge in [0.25, 0.3) is 0 Å². The third kappa shape index (κ3) is 6.66. The van der Waals surface area contributed by atoms with Gasteiger partial charge in [-0.3, -0.25) is 9.80 Å². The molecule has 3 aromatic carbocycles. The summed E-state index contributed by atoms with van der Waals surface area (Å²) in [6, 6.07) is 19.6. The third-order valence-corrected chi connectivity index (χ3v) is 10.3. The largest absolute Gasteiger partial charge is 0.444 e. The zero-order valence-corrected chi connectivity index (χ0v) is 31.0. The number of likely N-dealkylation sites (tertiary alicyclic amines) is 2. The molecule has 2 fully saturated rings. The first-order valence-corrected chi connectivity index (χ1v) is 18.6. The fourth-order valence-corrected chi connectivity index (χ4v) is 7.94. The molecular weight excluding hydrogens is 652 g/mol. The molecule has 2 saturated heterocycles. The van der Waals surface area contributed by atoms with Crippen molar-refractivity contribution in [1.29, 1.82) is 0 Å². The fourth-order valence-electron chi connectivity index (χ4n) is 7.94. The highest BCUT2D eigenvalue weighted by Gasteiger charge is 2.36. The fraction of sp³-hybridized carbons (Fsp3) is 0.429. The van der Waals surface area contributed by atoms with Crippen LogP contribution in [0.3, 0.4) is 0 Å². The van der Waals surface area contributed by atoms with E-state index in [9.17, 15) is 9.59 Å². The number of ether oxygens (including phenoxy) is 2. The van der Waals surface area contributed by atoms with Gasteiger partial charge in [-0.25, -0.2) is 19.6 Å². The predicted octanol–water partition coefficient (Wildman–Crippen LogP) is 9.53. The van der Waals surface area contributed by atoms with Crippen molar-refractivity contribution in [2.45, 2.75) is 103 Å². The molecule has 2 aliphatic heterocycles. The number of nitrogens with one attached hydrogen (secondary N) is 2. The summed E-state index contributed by atoms with van der Waals surface area (Å²) < 4.78 is 11.4. The van der Waals surface area contributed by atoms with E-state index in [1.165, 1.54) is 27.8 Å². The van der Waals surface area contributed by atoms with Crippen LogP contribution in [0.25, 0.3) is 44.5 Å². The first kappa shape index (κ1) is 34.0. The Morgan fingerprint density at radius 2 is 1.23 bits per heavy atom. The van der Waals surface area contributed by atoms with Gasteiger partial charge < -0.3 is 19.4 Å². The Morgan fingerprint density at radius 3 is 1.85 bits per heavy atom. The summed E-state index contributed by atoms with van der Waals surface area (Å²) >= 11 is 0. The van der Waals surface area contributed by atoms with Crippen LogP contribution in [0, 0.1) is 0 Å². The first-order valence-electron chi connectivity index (χ1n) is 18.6. The van der Waals surface area contributed by atoms with Crippen LogP contribution in [0.2, 0.25) is 0 Å². The summed E-state index contributed by atoms with van der Waals surface area (Å²) in [4.78, 5) is 46.1. The minimum absolute atomic E-state index is 0.111. The molecule has 2 amide bonds. The molecule has 5 aromatic rings. The van der Waals surface area contributed by atoms with Crippen molar-refractivity contribution < 1.29 is 19.1 Å². The molecule has 0 radical (unpaired) electrons. The lowest BCUT2D eigenvalue weighted by Crippen LogP contribution is -2.36. The standard InChI is InChI=1S/C42H48N6O4/c1-41(2,3)51-39(49)47-19-7-9-35(47)37-43-24-34(46-37)29-14-17-31-28(22-29)12-11-27-21-25(13-16-30(27)31)26-15-18-32-33(23-26)45-38(44-32)36-10-8-20-48(36)40(50)52-42(4,5)6/h13-18,21-24,35-36H,7-12,19-20H2,1-6H3,(H,43,46)(H,44,45). The van der Waals surface area contributed by atoms with E-state index in [0.29, 0.717) is 13.1 Å². The van der Waals surface area contributed by atoms with Gasteiger partial charge in [0.15, 0.2) is 0 Å². The van der Waals surface area contributed by atoms with Gasteiger partial charge in [0, 0.05) is 13.1 Å². The number of carbonyl (C=O) groups excluding carboxylic acids is 2. The normalized spacial score (nSPS) is 18.8. The number of aromatic nitrogens is 4. The van der Waals surface area contributed by atoms with Gasteiger partial charge >= 0.3 is 12.2 Å². The summed E-state index contributed by atoms with van der Waals surface area (Å²) in [7, 11) is 0. The molecule has 0 saturated carbocycles. The van der Waals surface area contributed by atoms with E-state index >= 15 is 0 Å². The van der Waals surface area contributed by atoms with Crippen molar-refractivity contribution in [3.8, 4) is 33.5 Å². The van der Waals surface area contributed by atoms with E-state index in [1.807, 2.05) is 47.7 Å². The highest BCUT2D eigenvalue weighted by atomic mass is 16.6. The second-order valence-electron chi connectivity index (χ2n) is 16.4. The summed E-state index contributed by atoms with van der Waals surface area (Å²) in [6.45, 7) is 12.7. The number of fused-ring (bicyclic) bond motifs is 4.